The maximum absolute atomic E-state index is 13.2. The van der Waals surface area contributed by atoms with E-state index in [1.54, 1.807) is 0 Å². The van der Waals surface area contributed by atoms with Gasteiger partial charge >= 0.3 is 0 Å². The lowest BCUT2D eigenvalue weighted by Crippen LogP contribution is -2.57. The van der Waals surface area contributed by atoms with E-state index >= 15 is 0 Å². The number of carbonyl (C=O) groups excluding carboxylic acids is 1. The number of ether oxygens (including phenoxy) is 2. The molecule has 0 aromatic heterocycles. The number of carbonyl (C=O) groups is 1. The highest BCUT2D eigenvalue weighted by Crippen LogP contribution is 2.58. The van der Waals surface area contributed by atoms with Crippen molar-refractivity contribution in [1.82, 2.24) is 5.32 Å². The minimum atomic E-state index is -0.215. The molecule has 0 radical (unpaired) electrons. The summed E-state index contributed by atoms with van der Waals surface area (Å²) >= 11 is 0. The molecule has 3 saturated carbocycles. The summed E-state index contributed by atoms with van der Waals surface area (Å²) in [7, 11) is 0. The molecule has 2 bridgehead atoms. The zero-order valence-corrected chi connectivity index (χ0v) is 17.8. The number of benzene rings is 1. The molecule has 6 heteroatoms. The Morgan fingerprint density at radius 2 is 1.83 bits per heavy atom. The first-order valence-electron chi connectivity index (χ1n) is 11.0. The summed E-state index contributed by atoms with van der Waals surface area (Å²) < 4.78 is 23.8. The molecule has 1 unspecified atom stereocenters. The lowest BCUT2D eigenvalue weighted by Gasteiger charge is -2.53. The van der Waals surface area contributed by atoms with Gasteiger partial charge in [-0.25, -0.2) is 4.39 Å². The number of hydrogen-bond acceptors (Lipinski definition) is 4. The van der Waals surface area contributed by atoms with Gasteiger partial charge in [-0.05, 0) is 75.0 Å². The average Bonchev–Trinajstić information content (AvgIpc) is 3.22. The molecule has 1 saturated heterocycles. The molecule has 1 aliphatic heterocycles. The highest BCUT2D eigenvalue weighted by Gasteiger charge is 2.53. The third kappa shape index (κ3) is 4.00. The standard InChI is InChI=1S/C24H33FN2O3/c1-22(12-13-29-17-22)27-21(28)24-9-6-23(7-10-24,8-11-24)19-2-4-20(5-3-19)30-16-18(14-25)15-26/h2-5,14H,6-13,15-17,26H2,1H3,(H,27,28). The molecule has 3 N–H and O–H groups in total. The first-order chi connectivity index (χ1) is 14.4. The zero-order valence-electron chi connectivity index (χ0n) is 17.8. The fourth-order valence-corrected chi connectivity index (χ4v) is 5.35. The van der Waals surface area contributed by atoms with Crippen molar-refractivity contribution in [3.05, 3.63) is 41.7 Å². The Bertz CT molecular complexity index is 775. The van der Waals surface area contributed by atoms with Gasteiger partial charge in [-0.15, -0.1) is 0 Å². The maximum Gasteiger partial charge on any atom is 0.226 e. The Morgan fingerprint density at radius 3 is 2.37 bits per heavy atom. The third-order valence-electron chi connectivity index (χ3n) is 7.67. The molecule has 0 spiro atoms. The van der Waals surface area contributed by atoms with Crippen LogP contribution in [-0.2, 0) is 14.9 Å². The highest BCUT2D eigenvalue weighted by atomic mass is 19.1. The monoisotopic (exact) mass is 416 g/mol. The van der Waals surface area contributed by atoms with Crippen LogP contribution in [0.4, 0.5) is 4.39 Å². The summed E-state index contributed by atoms with van der Waals surface area (Å²) in [5, 5.41) is 3.31. The second-order valence-electron chi connectivity index (χ2n) is 9.66. The van der Waals surface area contributed by atoms with Crippen LogP contribution in [-0.4, -0.2) is 37.8 Å². The first-order valence-corrected chi connectivity index (χ1v) is 11.0. The molecule has 3 aliphatic carbocycles. The number of amides is 1. The van der Waals surface area contributed by atoms with Crippen LogP contribution in [0.15, 0.2) is 36.2 Å². The van der Waals surface area contributed by atoms with Crippen molar-refractivity contribution in [1.29, 1.82) is 0 Å². The van der Waals surface area contributed by atoms with Gasteiger partial charge in [-0.2, -0.15) is 0 Å². The van der Waals surface area contributed by atoms with Gasteiger partial charge in [0.2, 0.25) is 5.91 Å². The summed E-state index contributed by atoms with van der Waals surface area (Å²) in [5.41, 5.74) is 6.95. The summed E-state index contributed by atoms with van der Waals surface area (Å²) in [4.78, 5) is 13.2. The van der Waals surface area contributed by atoms with E-state index in [1.165, 1.54) is 5.56 Å². The van der Waals surface area contributed by atoms with Gasteiger partial charge in [0.15, 0.2) is 0 Å². The second-order valence-corrected chi connectivity index (χ2v) is 9.66. The molecule has 5 nitrogen and oxygen atoms in total. The van der Waals surface area contributed by atoms with E-state index in [0.29, 0.717) is 18.5 Å². The van der Waals surface area contributed by atoms with Crippen molar-refractivity contribution in [3.8, 4) is 5.75 Å². The fraction of sp³-hybridized carbons (Fsp3) is 0.625. The molecule has 1 aromatic rings. The van der Waals surface area contributed by atoms with Gasteiger partial charge in [-0.1, -0.05) is 12.1 Å². The quantitative estimate of drug-likeness (QED) is 0.710. The van der Waals surface area contributed by atoms with Crippen LogP contribution in [0.5, 0.6) is 5.75 Å². The Kier molecular flexibility index (Phi) is 5.90. The third-order valence-corrected chi connectivity index (χ3v) is 7.67. The average molecular weight is 417 g/mol. The van der Waals surface area contributed by atoms with Gasteiger partial charge in [0.05, 0.1) is 18.5 Å². The Hall–Kier alpha value is -1.92. The van der Waals surface area contributed by atoms with Crippen LogP contribution in [0.3, 0.4) is 0 Å². The SMILES string of the molecule is CC1(NC(=O)C23CCC(c4ccc(OCC(=CF)CN)cc4)(CC2)CC3)CCOC1. The summed E-state index contributed by atoms with van der Waals surface area (Å²) in [6.07, 6.45) is 7.34. The molecule has 1 atom stereocenters. The normalized spacial score (nSPS) is 33.5. The zero-order chi connectivity index (χ0) is 21.2. The lowest BCUT2D eigenvalue weighted by atomic mass is 9.51. The van der Waals surface area contributed by atoms with Gasteiger partial charge in [-0.3, -0.25) is 4.79 Å². The van der Waals surface area contributed by atoms with Gasteiger partial charge in [0.25, 0.3) is 0 Å². The number of rotatable bonds is 7. The van der Waals surface area contributed by atoms with Crippen molar-refractivity contribution in [2.24, 2.45) is 11.1 Å². The molecule has 30 heavy (non-hydrogen) atoms. The number of halogens is 1. The Balaban J connectivity index is 1.38. The smallest absolute Gasteiger partial charge is 0.226 e. The van der Waals surface area contributed by atoms with Crippen molar-refractivity contribution in [2.75, 3.05) is 26.4 Å². The van der Waals surface area contributed by atoms with Crippen LogP contribution in [0.2, 0.25) is 0 Å². The van der Waals surface area contributed by atoms with Gasteiger partial charge < -0.3 is 20.5 Å². The van der Waals surface area contributed by atoms with E-state index in [4.69, 9.17) is 15.2 Å². The number of fused-ring (bicyclic) bond motifs is 3. The predicted molar refractivity (Wildman–Crippen MR) is 114 cm³/mol. The number of hydrogen-bond donors (Lipinski definition) is 2. The molecule has 4 fully saturated rings. The maximum atomic E-state index is 13.2. The Morgan fingerprint density at radius 1 is 1.17 bits per heavy atom. The van der Waals surface area contributed by atoms with E-state index in [9.17, 15) is 9.18 Å². The second kappa shape index (κ2) is 8.31. The fourth-order valence-electron chi connectivity index (χ4n) is 5.35. The molecular weight excluding hydrogens is 383 g/mol. The van der Waals surface area contributed by atoms with E-state index < -0.39 is 0 Å². The summed E-state index contributed by atoms with van der Waals surface area (Å²) in [6, 6.07) is 8.18. The highest BCUT2D eigenvalue weighted by molar-refractivity contribution is 5.84. The van der Waals surface area contributed by atoms with Crippen LogP contribution in [0.1, 0.15) is 57.4 Å². The van der Waals surface area contributed by atoms with Crippen LogP contribution in [0, 0.1) is 5.41 Å². The van der Waals surface area contributed by atoms with Crippen LogP contribution < -0.4 is 15.8 Å². The van der Waals surface area contributed by atoms with E-state index in [-0.39, 0.29) is 35.4 Å². The minimum absolute atomic E-state index is 0.152. The van der Waals surface area contributed by atoms with E-state index in [0.717, 1.165) is 57.3 Å². The summed E-state index contributed by atoms with van der Waals surface area (Å²) in [6.45, 7) is 3.75. The molecule has 5 rings (SSSR count). The minimum Gasteiger partial charge on any atom is -0.489 e. The molecule has 1 aromatic carbocycles. The van der Waals surface area contributed by atoms with Crippen molar-refractivity contribution in [3.63, 3.8) is 0 Å². The predicted octanol–water partition coefficient (Wildman–Crippen LogP) is 3.76. The number of nitrogens with one attached hydrogen (secondary N) is 1. The van der Waals surface area contributed by atoms with E-state index in [1.807, 2.05) is 12.1 Å². The van der Waals surface area contributed by atoms with Crippen molar-refractivity contribution in [2.45, 2.75) is 62.8 Å². The van der Waals surface area contributed by atoms with Crippen molar-refractivity contribution >= 4 is 5.91 Å². The van der Waals surface area contributed by atoms with Gasteiger partial charge in [0, 0.05) is 24.1 Å². The summed E-state index contributed by atoms with van der Waals surface area (Å²) in [5.74, 6) is 0.944. The molecular formula is C24H33FN2O3. The Labute approximate surface area is 178 Å². The van der Waals surface area contributed by atoms with Crippen molar-refractivity contribution < 1.29 is 18.7 Å². The van der Waals surface area contributed by atoms with Crippen LogP contribution >= 0.6 is 0 Å². The molecule has 1 amide bonds. The van der Waals surface area contributed by atoms with Crippen LogP contribution in [0.25, 0.3) is 0 Å². The molecule has 1 heterocycles. The number of nitrogens with two attached hydrogens (primary N) is 1. The topological polar surface area (TPSA) is 73.6 Å². The molecule has 4 aliphatic rings. The molecule has 164 valence electrons. The largest absolute Gasteiger partial charge is 0.489 e. The van der Waals surface area contributed by atoms with E-state index in [2.05, 4.69) is 24.4 Å². The first kappa shape index (κ1) is 21.3. The van der Waals surface area contributed by atoms with Gasteiger partial charge in [0.1, 0.15) is 12.4 Å². The lowest BCUT2D eigenvalue weighted by molar-refractivity contribution is -0.139.